The molecule has 0 saturated carbocycles. The number of aromatic nitrogens is 1. The number of pyridine rings is 1. The number of hydrogen-bond acceptors (Lipinski definition) is 3. The zero-order valence-corrected chi connectivity index (χ0v) is 15.4. The largest absolute Gasteiger partial charge is 0.328 e. The number of carbonyl (C=O) groups is 1. The highest BCUT2D eigenvalue weighted by atomic mass is 16.2. The van der Waals surface area contributed by atoms with Crippen molar-refractivity contribution in [3.8, 4) is 0 Å². The number of amides is 1. The van der Waals surface area contributed by atoms with Crippen molar-refractivity contribution >= 4 is 16.7 Å². The fourth-order valence-electron chi connectivity index (χ4n) is 3.70. The number of rotatable bonds is 3. The van der Waals surface area contributed by atoms with Crippen LogP contribution in [0.3, 0.4) is 0 Å². The summed E-state index contributed by atoms with van der Waals surface area (Å²) in [6, 6.07) is 17.5. The van der Waals surface area contributed by atoms with Crippen molar-refractivity contribution in [1.82, 2.24) is 15.2 Å². The fourth-order valence-corrected chi connectivity index (χ4v) is 3.70. The second-order valence-electron chi connectivity index (χ2n) is 6.91. The van der Waals surface area contributed by atoms with Gasteiger partial charge in [-0.15, -0.1) is 0 Å². The third kappa shape index (κ3) is 3.38. The topological polar surface area (TPSA) is 65.2 Å². The predicted octanol–water partition coefficient (Wildman–Crippen LogP) is 2.88. The van der Waals surface area contributed by atoms with Crippen LogP contribution in [-0.2, 0) is 6.42 Å². The Bertz CT molecular complexity index is 1020. The van der Waals surface area contributed by atoms with Crippen LogP contribution >= 0.6 is 0 Å². The van der Waals surface area contributed by atoms with Gasteiger partial charge in [0.2, 0.25) is 0 Å². The molecule has 1 atom stereocenters. The number of carbonyl (C=O) groups excluding carboxylic acids is 1. The molecule has 1 amide bonds. The molecule has 1 aromatic heterocycles. The second-order valence-corrected chi connectivity index (χ2v) is 6.91. The monoisotopic (exact) mass is 361 g/mol. The van der Waals surface area contributed by atoms with Crippen LogP contribution in [0.25, 0.3) is 10.8 Å². The summed E-state index contributed by atoms with van der Waals surface area (Å²) < 4.78 is 0. The first-order valence-electron chi connectivity index (χ1n) is 9.40. The summed E-state index contributed by atoms with van der Waals surface area (Å²) in [6.07, 6.45) is 0.990. The molecule has 4 rings (SSSR count). The van der Waals surface area contributed by atoms with Gasteiger partial charge in [0.15, 0.2) is 0 Å². The SMILES string of the molecule is CCc1ccc(C2CNCCN2C(=O)c2cc3ccccc3c(=O)[nH]2)cc1. The van der Waals surface area contributed by atoms with Crippen LogP contribution < -0.4 is 10.9 Å². The Kier molecular flexibility index (Phi) is 4.77. The highest BCUT2D eigenvalue weighted by Crippen LogP contribution is 2.25. The molecular formula is C22H23N3O2. The molecule has 2 N–H and O–H groups in total. The Morgan fingerprint density at radius 2 is 1.93 bits per heavy atom. The number of hydrogen-bond donors (Lipinski definition) is 2. The van der Waals surface area contributed by atoms with Crippen LogP contribution in [0.15, 0.2) is 59.4 Å². The summed E-state index contributed by atoms with van der Waals surface area (Å²) in [4.78, 5) is 30.2. The van der Waals surface area contributed by atoms with E-state index in [1.54, 1.807) is 12.1 Å². The first-order valence-corrected chi connectivity index (χ1v) is 9.40. The van der Waals surface area contributed by atoms with Gasteiger partial charge in [0.1, 0.15) is 5.69 Å². The lowest BCUT2D eigenvalue weighted by Gasteiger charge is -2.36. The van der Waals surface area contributed by atoms with Gasteiger partial charge in [-0.2, -0.15) is 0 Å². The predicted molar refractivity (Wildman–Crippen MR) is 107 cm³/mol. The quantitative estimate of drug-likeness (QED) is 0.754. The summed E-state index contributed by atoms with van der Waals surface area (Å²) in [5.74, 6) is -0.135. The average Bonchev–Trinajstić information content (AvgIpc) is 2.73. The molecule has 0 spiro atoms. The molecule has 27 heavy (non-hydrogen) atoms. The highest BCUT2D eigenvalue weighted by Gasteiger charge is 2.29. The molecule has 0 aliphatic carbocycles. The molecule has 1 aliphatic heterocycles. The zero-order valence-electron chi connectivity index (χ0n) is 15.4. The Balaban J connectivity index is 1.69. The Labute approximate surface area is 158 Å². The lowest BCUT2D eigenvalue weighted by Crippen LogP contribution is -2.49. The number of aromatic amines is 1. The van der Waals surface area contributed by atoms with Crippen molar-refractivity contribution in [2.75, 3.05) is 19.6 Å². The molecule has 1 saturated heterocycles. The molecule has 1 unspecified atom stereocenters. The van der Waals surface area contributed by atoms with E-state index in [-0.39, 0.29) is 17.5 Å². The van der Waals surface area contributed by atoms with Crippen molar-refractivity contribution in [2.24, 2.45) is 0 Å². The average molecular weight is 361 g/mol. The number of benzene rings is 2. The van der Waals surface area contributed by atoms with E-state index in [0.29, 0.717) is 24.2 Å². The van der Waals surface area contributed by atoms with Gasteiger partial charge in [0.05, 0.1) is 6.04 Å². The van der Waals surface area contributed by atoms with Gasteiger partial charge in [0.25, 0.3) is 11.5 Å². The molecule has 0 bridgehead atoms. The number of fused-ring (bicyclic) bond motifs is 1. The molecule has 0 radical (unpaired) electrons. The van der Waals surface area contributed by atoms with Crippen molar-refractivity contribution in [3.05, 3.63) is 81.8 Å². The maximum atomic E-state index is 13.2. The van der Waals surface area contributed by atoms with E-state index < -0.39 is 0 Å². The third-order valence-electron chi connectivity index (χ3n) is 5.26. The minimum Gasteiger partial charge on any atom is -0.328 e. The lowest BCUT2D eigenvalue weighted by atomic mass is 10.0. The van der Waals surface area contributed by atoms with Crippen LogP contribution in [-0.4, -0.2) is 35.4 Å². The summed E-state index contributed by atoms with van der Waals surface area (Å²) in [7, 11) is 0. The highest BCUT2D eigenvalue weighted by molar-refractivity contribution is 5.96. The molecule has 3 aromatic rings. The normalized spacial score (nSPS) is 17.2. The van der Waals surface area contributed by atoms with Crippen LogP contribution in [0.2, 0.25) is 0 Å². The lowest BCUT2D eigenvalue weighted by molar-refractivity contribution is 0.0628. The maximum Gasteiger partial charge on any atom is 0.270 e. The Hall–Kier alpha value is -2.92. The summed E-state index contributed by atoms with van der Waals surface area (Å²) >= 11 is 0. The van der Waals surface area contributed by atoms with Crippen molar-refractivity contribution in [1.29, 1.82) is 0 Å². The van der Waals surface area contributed by atoms with E-state index in [0.717, 1.165) is 23.9 Å². The molecule has 1 aliphatic rings. The van der Waals surface area contributed by atoms with Crippen LogP contribution in [0, 0.1) is 0 Å². The van der Waals surface area contributed by atoms with Gasteiger partial charge in [-0.3, -0.25) is 9.59 Å². The number of piperazine rings is 1. The first-order chi connectivity index (χ1) is 13.2. The second kappa shape index (κ2) is 7.37. The Morgan fingerprint density at radius 1 is 1.15 bits per heavy atom. The van der Waals surface area contributed by atoms with E-state index in [9.17, 15) is 9.59 Å². The molecule has 1 fully saturated rings. The van der Waals surface area contributed by atoms with Crippen LogP contribution in [0.4, 0.5) is 0 Å². The molecule has 138 valence electrons. The first kappa shape index (κ1) is 17.5. The molecule has 5 heteroatoms. The van der Waals surface area contributed by atoms with Crippen LogP contribution in [0.5, 0.6) is 0 Å². The van der Waals surface area contributed by atoms with E-state index >= 15 is 0 Å². The van der Waals surface area contributed by atoms with Crippen molar-refractivity contribution < 1.29 is 4.79 Å². The number of nitrogens with zero attached hydrogens (tertiary/aromatic N) is 1. The summed E-state index contributed by atoms with van der Waals surface area (Å²) in [6.45, 7) is 4.18. The minimum absolute atomic E-state index is 0.0490. The smallest absolute Gasteiger partial charge is 0.270 e. The zero-order chi connectivity index (χ0) is 18.8. The summed E-state index contributed by atoms with van der Waals surface area (Å²) in [5.41, 5.74) is 2.50. The maximum absolute atomic E-state index is 13.2. The molecule has 2 heterocycles. The number of aryl methyl sites for hydroxylation is 1. The van der Waals surface area contributed by atoms with Gasteiger partial charge < -0.3 is 15.2 Å². The van der Waals surface area contributed by atoms with Crippen molar-refractivity contribution in [3.63, 3.8) is 0 Å². The number of nitrogens with one attached hydrogen (secondary N) is 2. The van der Waals surface area contributed by atoms with Crippen molar-refractivity contribution in [2.45, 2.75) is 19.4 Å². The summed E-state index contributed by atoms with van der Waals surface area (Å²) in [5, 5.41) is 4.75. The van der Waals surface area contributed by atoms with Gasteiger partial charge in [-0.05, 0) is 35.1 Å². The van der Waals surface area contributed by atoms with E-state index in [2.05, 4.69) is 41.5 Å². The van der Waals surface area contributed by atoms with E-state index in [1.807, 2.05) is 23.1 Å². The standard InChI is InChI=1S/C22H23N3O2/c1-2-15-7-9-16(10-8-15)20-14-23-11-12-25(20)22(27)19-13-17-5-3-4-6-18(17)21(26)24-19/h3-10,13,20,23H,2,11-12,14H2,1H3,(H,24,26). The van der Waals surface area contributed by atoms with E-state index in [1.165, 1.54) is 5.56 Å². The van der Waals surface area contributed by atoms with Crippen LogP contribution in [0.1, 0.15) is 34.6 Å². The van der Waals surface area contributed by atoms with E-state index in [4.69, 9.17) is 0 Å². The number of H-pyrrole nitrogens is 1. The van der Waals surface area contributed by atoms with Gasteiger partial charge in [-0.25, -0.2) is 0 Å². The molecule has 2 aromatic carbocycles. The van der Waals surface area contributed by atoms with Gasteiger partial charge in [0, 0.05) is 25.0 Å². The molecular weight excluding hydrogens is 338 g/mol. The minimum atomic E-state index is -0.226. The molecule has 5 nitrogen and oxygen atoms in total. The van der Waals surface area contributed by atoms with Gasteiger partial charge in [-0.1, -0.05) is 49.4 Å². The van der Waals surface area contributed by atoms with Gasteiger partial charge >= 0.3 is 0 Å². The Morgan fingerprint density at radius 3 is 2.70 bits per heavy atom. The third-order valence-corrected chi connectivity index (χ3v) is 5.26. The fraction of sp³-hybridized carbons (Fsp3) is 0.273.